The number of nitro groups is 1. The molecule has 132 valence electrons. The number of carbonyl (C=O) groups excluding carboxylic acids is 1. The number of nitro benzene ring substituents is 1. The minimum Gasteiger partial charge on any atom is -0.423 e. The van der Waals surface area contributed by atoms with E-state index in [1.54, 1.807) is 6.07 Å². The molecular weight excluding hydrogens is 320 g/mol. The van der Waals surface area contributed by atoms with Gasteiger partial charge in [0.1, 0.15) is 5.75 Å². The molecule has 0 aromatic heterocycles. The number of rotatable bonds is 7. The summed E-state index contributed by atoms with van der Waals surface area (Å²) < 4.78 is 5.57. The lowest BCUT2D eigenvalue weighted by molar-refractivity contribution is -0.384. The SMILES string of the molecule is CCN(CC)Cc1c(C)cccc1OC(=O)c1ccc([N+](=O)[O-])cc1. The third kappa shape index (κ3) is 4.64. The first kappa shape index (κ1) is 18.6. The molecular formula is C19H22N2O4. The molecule has 0 aliphatic carbocycles. The minimum atomic E-state index is -0.527. The molecule has 0 unspecified atom stereocenters. The molecule has 0 aliphatic heterocycles. The summed E-state index contributed by atoms with van der Waals surface area (Å²) >= 11 is 0. The van der Waals surface area contributed by atoms with Crippen LogP contribution < -0.4 is 4.74 Å². The molecule has 0 heterocycles. The van der Waals surface area contributed by atoms with Crippen LogP contribution in [0.5, 0.6) is 5.75 Å². The van der Waals surface area contributed by atoms with Crippen molar-refractivity contribution >= 4 is 11.7 Å². The van der Waals surface area contributed by atoms with Crippen LogP contribution in [0.3, 0.4) is 0 Å². The zero-order valence-corrected chi connectivity index (χ0v) is 14.7. The van der Waals surface area contributed by atoms with Gasteiger partial charge in [0, 0.05) is 24.2 Å². The summed E-state index contributed by atoms with van der Waals surface area (Å²) in [5.74, 6) is -0.00320. The summed E-state index contributed by atoms with van der Waals surface area (Å²) in [5, 5.41) is 10.7. The molecule has 0 atom stereocenters. The lowest BCUT2D eigenvalue weighted by Crippen LogP contribution is -2.23. The summed E-state index contributed by atoms with van der Waals surface area (Å²) in [4.78, 5) is 24.8. The quantitative estimate of drug-likeness (QED) is 0.329. The molecule has 0 radical (unpaired) electrons. The van der Waals surface area contributed by atoms with Crippen LogP contribution in [0, 0.1) is 17.0 Å². The fourth-order valence-electron chi connectivity index (χ4n) is 2.52. The Hall–Kier alpha value is -2.73. The van der Waals surface area contributed by atoms with Crippen molar-refractivity contribution in [3.05, 3.63) is 69.3 Å². The zero-order valence-electron chi connectivity index (χ0n) is 14.7. The van der Waals surface area contributed by atoms with Crippen molar-refractivity contribution in [2.24, 2.45) is 0 Å². The van der Waals surface area contributed by atoms with Gasteiger partial charge in [-0.05, 0) is 43.8 Å². The number of aryl methyl sites for hydroxylation is 1. The van der Waals surface area contributed by atoms with Crippen molar-refractivity contribution < 1.29 is 14.5 Å². The van der Waals surface area contributed by atoms with Crippen molar-refractivity contribution in [1.82, 2.24) is 4.90 Å². The molecule has 0 aliphatic rings. The number of non-ortho nitro benzene ring substituents is 1. The van der Waals surface area contributed by atoms with Crippen LogP contribution in [-0.4, -0.2) is 28.9 Å². The van der Waals surface area contributed by atoms with Crippen molar-refractivity contribution in [3.63, 3.8) is 0 Å². The summed E-state index contributed by atoms with van der Waals surface area (Å²) in [6, 6.07) is 11.0. The summed E-state index contributed by atoms with van der Waals surface area (Å²) in [5.41, 5.74) is 2.25. The lowest BCUT2D eigenvalue weighted by Gasteiger charge is -2.21. The molecule has 2 aromatic carbocycles. The lowest BCUT2D eigenvalue weighted by atomic mass is 10.1. The van der Waals surface area contributed by atoms with Crippen molar-refractivity contribution in [1.29, 1.82) is 0 Å². The highest BCUT2D eigenvalue weighted by Crippen LogP contribution is 2.25. The molecule has 0 bridgehead atoms. The molecule has 0 amide bonds. The van der Waals surface area contributed by atoms with Crippen LogP contribution in [0.4, 0.5) is 5.69 Å². The van der Waals surface area contributed by atoms with Gasteiger partial charge in [0.15, 0.2) is 0 Å². The maximum atomic E-state index is 12.4. The van der Waals surface area contributed by atoms with E-state index in [1.165, 1.54) is 24.3 Å². The highest BCUT2D eigenvalue weighted by Gasteiger charge is 2.16. The summed E-state index contributed by atoms with van der Waals surface area (Å²) in [6.45, 7) is 8.67. The Labute approximate surface area is 147 Å². The average Bonchev–Trinajstić information content (AvgIpc) is 2.61. The minimum absolute atomic E-state index is 0.0608. The van der Waals surface area contributed by atoms with Crippen LogP contribution in [-0.2, 0) is 6.54 Å². The van der Waals surface area contributed by atoms with Gasteiger partial charge in [0.05, 0.1) is 10.5 Å². The number of carbonyl (C=O) groups is 1. The monoisotopic (exact) mass is 342 g/mol. The third-order valence-electron chi connectivity index (χ3n) is 4.16. The number of ether oxygens (including phenoxy) is 1. The van der Waals surface area contributed by atoms with Gasteiger partial charge in [-0.2, -0.15) is 0 Å². The van der Waals surface area contributed by atoms with Crippen LogP contribution in [0.15, 0.2) is 42.5 Å². The van der Waals surface area contributed by atoms with E-state index in [1.807, 2.05) is 19.1 Å². The van der Waals surface area contributed by atoms with Gasteiger partial charge >= 0.3 is 5.97 Å². The highest BCUT2D eigenvalue weighted by molar-refractivity contribution is 5.91. The van der Waals surface area contributed by atoms with Gasteiger partial charge in [-0.3, -0.25) is 15.0 Å². The molecule has 2 rings (SSSR count). The Morgan fingerprint density at radius 3 is 2.32 bits per heavy atom. The van der Waals surface area contributed by atoms with Gasteiger partial charge in [-0.1, -0.05) is 26.0 Å². The molecule has 0 fully saturated rings. The Morgan fingerprint density at radius 1 is 1.12 bits per heavy atom. The van der Waals surface area contributed by atoms with Crippen molar-refractivity contribution in [2.75, 3.05) is 13.1 Å². The Kier molecular flexibility index (Phi) is 6.25. The smallest absolute Gasteiger partial charge is 0.343 e. The number of nitrogens with zero attached hydrogens (tertiary/aromatic N) is 2. The Bertz CT molecular complexity index is 753. The van der Waals surface area contributed by atoms with Crippen molar-refractivity contribution in [2.45, 2.75) is 27.3 Å². The Morgan fingerprint density at radius 2 is 1.76 bits per heavy atom. The topological polar surface area (TPSA) is 72.7 Å². The van der Waals surface area contributed by atoms with Crippen molar-refractivity contribution in [3.8, 4) is 5.75 Å². The van der Waals surface area contributed by atoms with E-state index in [0.717, 1.165) is 24.2 Å². The highest BCUT2D eigenvalue weighted by atomic mass is 16.6. The second-order valence-corrected chi connectivity index (χ2v) is 5.71. The largest absolute Gasteiger partial charge is 0.423 e. The van der Waals surface area contributed by atoms with E-state index >= 15 is 0 Å². The maximum Gasteiger partial charge on any atom is 0.343 e. The molecule has 2 aromatic rings. The predicted molar refractivity (Wildman–Crippen MR) is 95.9 cm³/mol. The summed E-state index contributed by atoms with van der Waals surface area (Å²) in [6.07, 6.45) is 0. The van der Waals surface area contributed by atoms with Crippen LogP contribution in [0.25, 0.3) is 0 Å². The van der Waals surface area contributed by atoms with Crippen LogP contribution in [0.2, 0.25) is 0 Å². The molecule has 0 N–H and O–H groups in total. The van der Waals surface area contributed by atoms with E-state index in [2.05, 4.69) is 18.7 Å². The molecule has 25 heavy (non-hydrogen) atoms. The van der Waals surface area contributed by atoms with Gasteiger partial charge in [-0.15, -0.1) is 0 Å². The van der Waals surface area contributed by atoms with E-state index < -0.39 is 10.9 Å². The van der Waals surface area contributed by atoms with E-state index in [0.29, 0.717) is 12.3 Å². The van der Waals surface area contributed by atoms with E-state index in [4.69, 9.17) is 4.74 Å². The number of hydrogen-bond acceptors (Lipinski definition) is 5. The van der Waals surface area contributed by atoms with Gasteiger partial charge in [-0.25, -0.2) is 4.79 Å². The first-order valence-corrected chi connectivity index (χ1v) is 8.23. The standard InChI is InChI=1S/C19H22N2O4/c1-4-20(5-2)13-17-14(3)7-6-8-18(17)25-19(22)15-9-11-16(12-10-15)21(23)24/h6-12H,4-5,13H2,1-3H3. The third-order valence-corrected chi connectivity index (χ3v) is 4.16. The fourth-order valence-corrected chi connectivity index (χ4v) is 2.52. The number of benzene rings is 2. The van der Waals surface area contributed by atoms with E-state index in [-0.39, 0.29) is 11.3 Å². The predicted octanol–water partition coefficient (Wildman–Crippen LogP) is 3.96. The first-order chi connectivity index (χ1) is 12.0. The summed E-state index contributed by atoms with van der Waals surface area (Å²) in [7, 11) is 0. The second-order valence-electron chi connectivity index (χ2n) is 5.71. The molecule has 0 saturated carbocycles. The molecule has 6 nitrogen and oxygen atoms in total. The van der Waals surface area contributed by atoms with Crippen LogP contribution in [0.1, 0.15) is 35.3 Å². The molecule has 0 spiro atoms. The zero-order chi connectivity index (χ0) is 18.4. The number of hydrogen-bond donors (Lipinski definition) is 0. The second kappa shape index (κ2) is 8.39. The normalized spacial score (nSPS) is 10.7. The van der Waals surface area contributed by atoms with Gasteiger partial charge < -0.3 is 4.74 Å². The molecule has 6 heteroatoms. The van der Waals surface area contributed by atoms with E-state index in [9.17, 15) is 14.9 Å². The fraction of sp³-hybridized carbons (Fsp3) is 0.316. The molecule has 0 saturated heterocycles. The van der Waals surface area contributed by atoms with Gasteiger partial charge in [0.25, 0.3) is 5.69 Å². The maximum absolute atomic E-state index is 12.4. The first-order valence-electron chi connectivity index (χ1n) is 8.23. The average molecular weight is 342 g/mol. The Balaban J connectivity index is 2.22. The number of esters is 1. The van der Waals surface area contributed by atoms with Crippen LogP contribution >= 0.6 is 0 Å². The van der Waals surface area contributed by atoms with Gasteiger partial charge in [0.2, 0.25) is 0 Å².